The van der Waals surface area contributed by atoms with E-state index in [9.17, 15) is 9.59 Å². The molecule has 4 rings (SSSR count). The fraction of sp³-hybridized carbons (Fsp3) is 0.0870. The maximum absolute atomic E-state index is 13.1. The van der Waals surface area contributed by atoms with Crippen LogP contribution in [0.3, 0.4) is 0 Å². The van der Waals surface area contributed by atoms with Crippen LogP contribution in [0, 0.1) is 6.92 Å². The van der Waals surface area contributed by atoms with Crippen molar-refractivity contribution in [2.75, 3.05) is 17.7 Å². The van der Waals surface area contributed by atoms with Gasteiger partial charge in [0.1, 0.15) is 0 Å². The predicted octanol–water partition coefficient (Wildman–Crippen LogP) is 4.88. The lowest BCUT2D eigenvalue weighted by Crippen LogP contribution is -2.19. The van der Waals surface area contributed by atoms with E-state index >= 15 is 0 Å². The summed E-state index contributed by atoms with van der Waals surface area (Å²) in [4.78, 5) is 32.7. The van der Waals surface area contributed by atoms with Gasteiger partial charge in [-0.1, -0.05) is 29.8 Å². The summed E-state index contributed by atoms with van der Waals surface area (Å²) in [7, 11) is 1.54. The van der Waals surface area contributed by atoms with Gasteiger partial charge in [0.15, 0.2) is 5.82 Å². The molecule has 7 nitrogen and oxygen atoms in total. The molecular weight excluding hydrogens is 414 g/mol. The van der Waals surface area contributed by atoms with Crippen molar-refractivity contribution < 1.29 is 9.59 Å². The Bertz CT molecular complexity index is 1300. The minimum Gasteiger partial charge on any atom is -0.360 e. The van der Waals surface area contributed by atoms with Crippen molar-refractivity contribution in [3.05, 3.63) is 82.6 Å². The van der Waals surface area contributed by atoms with Crippen LogP contribution in [0.4, 0.5) is 17.2 Å². The molecule has 2 aromatic heterocycles. The van der Waals surface area contributed by atoms with E-state index < -0.39 is 0 Å². The molecule has 0 atom stereocenters. The average molecular weight is 434 g/mol. The standard InChI is InChI=1S/C23H20ClN5O2/c1-13-5-3-4-6-18(13)28-21-20(9-14(11-27-21)22(30)25-2)29-23(31)17-12-26-19-8-7-15(24)10-16(17)19/h3-12,26H,1-2H3,(H,25,30)(H,27,28)(H,29,31). The molecule has 4 N–H and O–H groups in total. The summed E-state index contributed by atoms with van der Waals surface area (Å²) in [6.45, 7) is 1.97. The van der Waals surface area contributed by atoms with Crippen molar-refractivity contribution in [2.24, 2.45) is 0 Å². The number of aromatic nitrogens is 2. The summed E-state index contributed by atoms with van der Waals surface area (Å²) >= 11 is 6.10. The molecule has 4 aromatic rings. The Labute approximate surface area is 183 Å². The first kappa shape index (κ1) is 20.4. The van der Waals surface area contributed by atoms with E-state index in [1.807, 2.05) is 37.3 Å². The Morgan fingerprint density at radius 1 is 1.03 bits per heavy atom. The second kappa shape index (κ2) is 8.49. The zero-order valence-electron chi connectivity index (χ0n) is 16.9. The molecule has 0 spiro atoms. The molecule has 31 heavy (non-hydrogen) atoms. The number of carbonyl (C=O) groups excluding carboxylic acids is 2. The summed E-state index contributed by atoms with van der Waals surface area (Å²) < 4.78 is 0. The summed E-state index contributed by atoms with van der Waals surface area (Å²) in [6, 6.07) is 14.6. The average Bonchev–Trinajstić information content (AvgIpc) is 3.19. The monoisotopic (exact) mass is 433 g/mol. The number of carbonyl (C=O) groups is 2. The minimum atomic E-state index is -0.350. The normalized spacial score (nSPS) is 10.7. The largest absolute Gasteiger partial charge is 0.360 e. The zero-order valence-corrected chi connectivity index (χ0v) is 17.7. The third-order valence-corrected chi connectivity index (χ3v) is 5.15. The SMILES string of the molecule is CNC(=O)c1cnc(Nc2ccccc2C)c(NC(=O)c2c[nH]c3ccc(Cl)cc23)c1. The van der Waals surface area contributed by atoms with Crippen molar-refractivity contribution in [3.8, 4) is 0 Å². The summed E-state index contributed by atoms with van der Waals surface area (Å²) in [5, 5.41) is 9.91. The molecule has 2 aromatic carbocycles. The van der Waals surface area contributed by atoms with Gasteiger partial charge in [0.2, 0.25) is 0 Å². The molecule has 2 heterocycles. The number of amides is 2. The molecule has 0 saturated heterocycles. The molecule has 0 saturated carbocycles. The lowest BCUT2D eigenvalue weighted by molar-refractivity contribution is 0.0961. The van der Waals surface area contributed by atoms with Crippen molar-refractivity contribution in [1.29, 1.82) is 0 Å². The van der Waals surface area contributed by atoms with E-state index in [-0.39, 0.29) is 11.8 Å². The van der Waals surface area contributed by atoms with Crippen LogP contribution < -0.4 is 16.0 Å². The number of fused-ring (bicyclic) bond motifs is 1. The minimum absolute atomic E-state index is 0.302. The number of nitrogens with zero attached hydrogens (tertiary/aromatic N) is 1. The van der Waals surface area contributed by atoms with Crippen LogP contribution in [0.5, 0.6) is 0 Å². The number of benzene rings is 2. The number of halogens is 1. The third kappa shape index (κ3) is 4.22. The van der Waals surface area contributed by atoms with Gasteiger partial charge in [-0.3, -0.25) is 9.59 Å². The molecular formula is C23H20ClN5O2. The van der Waals surface area contributed by atoms with Gasteiger partial charge in [-0.05, 0) is 42.8 Å². The Balaban J connectivity index is 1.72. The zero-order chi connectivity index (χ0) is 22.0. The van der Waals surface area contributed by atoms with Crippen molar-refractivity contribution in [3.63, 3.8) is 0 Å². The summed E-state index contributed by atoms with van der Waals surface area (Å²) in [6.07, 6.45) is 3.08. The fourth-order valence-corrected chi connectivity index (χ4v) is 3.41. The Hall–Kier alpha value is -3.84. The highest BCUT2D eigenvalue weighted by molar-refractivity contribution is 6.31. The first-order valence-electron chi connectivity index (χ1n) is 9.59. The van der Waals surface area contributed by atoms with Gasteiger partial charge in [-0.2, -0.15) is 0 Å². The molecule has 0 aliphatic carbocycles. The number of aromatic amines is 1. The molecule has 0 radical (unpaired) electrons. The molecule has 156 valence electrons. The summed E-state index contributed by atoms with van der Waals surface area (Å²) in [5.41, 5.74) is 3.80. The van der Waals surface area contributed by atoms with Crippen LogP contribution in [0.2, 0.25) is 5.02 Å². The van der Waals surface area contributed by atoms with Gasteiger partial charge in [0, 0.05) is 41.1 Å². The van der Waals surface area contributed by atoms with Crippen LogP contribution >= 0.6 is 11.6 Å². The molecule has 8 heteroatoms. The van der Waals surface area contributed by atoms with Crippen LogP contribution in [-0.2, 0) is 0 Å². The van der Waals surface area contributed by atoms with E-state index in [0.717, 1.165) is 16.8 Å². The number of H-pyrrole nitrogens is 1. The van der Waals surface area contributed by atoms with Crippen molar-refractivity contribution >= 4 is 51.5 Å². The Morgan fingerprint density at radius 2 is 1.84 bits per heavy atom. The van der Waals surface area contributed by atoms with Gasteiger partial charge < -0.3 is 20.9 Å². The third-order valence-electron chi connectivity index (χ3n) is 4.91. The lowest BCUT2D eigenvalue weighted by Gasteiger charge is -2.15. The number of aryl methyl sites for hydroxylation is 1. The van der Waals surface area contributed by atoms with Gasteiger partial charge in [0.05, 0.1) is 16.8 Å². The lowest BCUT2D eigenvalue weighted by atomic mass is 10.1. The highest BCUT2D eigenvalue weighted by atomic mass is 35.5. The summed E-state index contributed by atoms with van der Waals surface area (Å²) in [5.74, 6) is -0.227. The maximum Gasteiger partial charge on any atom is 0.257 e. The molecule has 0 fully saturated rings. The molecule has 0 aliphatic heterocycles. The molecule has 0 bridgehead atoms. The second-order valence-corrected chi connectivity index (χ2v) is 7.42. The van der Waals surface area contributed by atoms with Crippen LogP contribution in [0.25, 0.3) is 10.9 Å². The molecule has 0 unspecified atom stereocenters. The van der Waals surface area contributed by atoms with Crippen molar-refractivity contribution in [1.82, 2.24) is 15.3 Å². The smallest absolute Gasteiger partial charge is 0.257 e. The number of rotatable bonds is 5. The predicted molar refractivity (Wildman–Crippen MR) is 123 cm³/mol. The van der Waals surface area contributed by atoms with Gasteiger partial charge >= 0.3 is 0 Å². The highest BCUT2D eigenvalue weighted by Gasteiger charge is 2.17. The first-order chi connectivity index (χ1) is 15.0. The van der Waals surface area contributed by atoms with E-state index in [1.165, 1.54) is 13.2 Å². The molecule has 0 aliphatic rings. The first-order valence-corrected chi connectivity index (χ1v) is 9.97. The number of para-hydroxylation sites is 1. The van der Waals surface area contributed by atoms with Crippen LogP contribution in [0.15, 0.2) is 60.9 Å². The Kier molecular flexibility index (Phi) is 5.60. The molecule has 2 amide bonds. The number of hydrogen-bond acceptors (Lipinski definition) is 4. The highest BCUT2D eigenvalue weighted by Crippen LogP contribution is 2.28. The van der Waals surface area contributed by atoms with Gasteiger partial charge in [-0.15, -0.1) is 0 Å². The second-order valence-electron chi connectivity index (χ2n) is 6.99. The number of nitrogens with one attached hydrogen (secondary N) is 4. The van der Waals surface area contributed by atoms with E-state index in [0.29, 0.717) is 33.0 Å². The topological polar surface area (TPSA) is 98.9 Å². The fourth-order valence-electron chi connectivity index (χ4n) is 3.24. The van der Waals surface area contributed by atoms with E-state index in [4.69, 9.17) is 11.6 Å². The Morgan fingerprint density at radius 3 is 2.61 bits per heavy atom. The van der Waals surface area contributed by atoms with Crippen LogP contribution in [0.1, 0.15) is 26.3 Å². The number of pyridine rings is 1. The van der Waals surface area contributed by atoms with E-state index in [2.05, 4.69) is 25.9 Å². The number of hydrogen-bond donors (Lipinski definition) is 4. The number of anilines is 3. The maximum atomic E-state index is 13.1. The van der Waals surface area contributed by atoms with E-state index in [1.54, 1.807) is 24.4 Å². The van der Waals surface area contributed by atoms with Gasteiger partial charge in [-0.25, -0.2) is 4.98 Å². The quantitative estimate of drug-likeness (QED) is 0.360. The van der Waals surface area contributed by atoms with Crippen LogP contribution in [-0.4, -0.2) is 28.8 Å². The van der Waals surface area contributed by atoms with Gasteiger partial charge in [0.25, 0.3) is 11.8 Å². The van der Waals surface area contributed by atoms with Crippen molar-refractivity contribution in [2.45, 2.75) is 6.92 Å².